The topological polar surface area (TPSA) is 29.5 Å². The number of rotatable bonds is 7. The molecule has 0 aromatic rings. The van der Waals surface area contributed by atoms with Crippen molar-refractivity contribution in [2.24, 2.45) is 11.8 Å². The van der Waals surface area contributed by atoms with E-state index in [0.717, 1.165) is 12.3 Å². The van der Waals surface area contributed by atoms with Crippen LogP contribution in [0, 0.1) is 11.8 Å². The number of carbonyl (C=O) groups excluding carboxylic acids is 1. The van der Waals surface area contributed by atoms with E-state index in [9.17, 15) is 4.79 Å². The second-order valence-electron chi connectivity index (χ2n) is 5.73. The van der Waals surface area contributed by atoms with Crippen molar-refractivity contribution >= 4 is 5.78 Å². The van der Waals surface area contributed by atoms with Crippen LogP contribution in [0.5, 0.6) is 0 Å². The first-order valence-corrected chi connectivity index (χ1v) is 6.86. The van der Waals surface area contributed by atoms with Gasteiger partial charge in [0.05, 0.1) is 0 Å². The summed E-state index contributed by atoms with van der Waals surface area (Å²) in [7, 11) is 2.17. The average molecular weight is 241 g/mol. The van der Waals surface area contributed by atoms with Crippen molar-refractivity contribution < 1.29 is 9.53 Å². The minimum atomic E-state index is 0.268. The van der Waals surface area contributed by atoms with Gasteiger partial charge in [0.1, 0.15) is 6.61 Å². The molecule has 17 heavy (non-hydrogen) atoms. The van der Waals surface area contributed by atoms with Crippen molar-refractivity contribution in [3.63, 3.8) is 0 Å². The van der Waals surface area contributed by atoms with Crippen LogP contribution in [0.1, 0.15) is 39.5 Å². The smallest absolute Gasteiger partial charge is 0.158 e. The highest BCUT2D eigenvalue weighted by molar-refractivity contribution is 5.79. The number of hydrogen-bond acceptors (Lipinski definition) is 3. The minimum Gasteiger partial charge on any atom is -0.373 e. The predicted molar refractivity (Wildman–Crippen MR) is 70.1 cm³/mol. The summed E-state index contributed by atoms with van der Waals surface area (Å²) < 4.78 is 5.36. The molecule has 3 nitrogen and oxygen atoms in total. The molecule has 1 aliphatic rings. The van der Waals surface area contributed by atoms with Gasteiger partial charge in [0, 0.05) is 13.0 Å². The molecule has 3 heteroatoms. The molecule has 100 valence electrons. The van der Waals surface area contributed by atoms with Crippen LogP contribution in [0.15, 0.2) is 0 Å². The molecule has 0 radical (unpaired) electrons. The predicted octanol–water partition coefficient (Wildman–Crippen LogP) is 2.35. The van der Waals surface area contributed by atoms with Gasteiger partial charge in [-0.05, 0) is 51.2 Å². The second-order valence-corrected chi connectivity index (χ2v) is 5.73. The van der Waals surface area contributed by atoms with Gasteiger partial charge in [-0.15, -0.1) is 0 Å². The molecule has 1 saturated heterocycles. The van der Waals surface area contributed by atoms with Crippen molar-refractivity contribution in [1.29, 1.82) is 0 Å². The van der Waals surface area contributed by atoms with E-state index in [0.29, 0.717) is 25.6 Å². The maximum atomic E-state index is 11.6. The number of likely N-dealkylation sites (tertiary alicyclic amines) is 1. The molecule has 1 aliphatic heterocycles. The minimum absolute atomic E-state index is 0.268. The maximum Gasteiger partial charge on any atom is 0.158 e. The van der Waals surface area contributed by atoms with E-state index in [4.69, 9.17) is 4.74 Å². The van der Waals surface area contributed by atoms with Crippen LogP contribution in [-0.2, 0) is 9.53 Å². The summed E-state index contributed by atoms with van der Waals surface area (Å²) in [6, 6.07) is 0. The van der Waals surface area contributed by atoms with Gasteiger partial charge in [0.25, 0.3) is 0 Å². The van der Waals surface area contributed by atoms with Crippen molar-refractivity contribution in [3.05, 3.63) is 0 Å². The fourth-order valence-electron chi connectivity index (χ4n) is 2.20. The molecule has 0 amide bonds. The number of nitrogens with zero attached hydrogens (tertiary/aromatic N) is 1. The number of piperidine rings is 1. The summed E-state index contributed by atoms with van der Waals surface area (Å²) in [6.07, 6.45) is 4.25. The summed E-state index contributed by atoms with van der Waals surface area (Å²) in [4.78, 5) is 14.0. The van der Waals surface area contributed by atoms with E-state index in [1.807, 2.05) is 0 Å². The Kier molecular flexibility index (Phi) is 6.75. The molecule has 1 heterocycles. The lowest BCUT2D eigenvalue weighted by molar-refractivity contribution is -0.124. The number of carbonyl (C=O) groups is 1. The first-order chi connectivity index (χ1) is 8.08. The molecule has 0 unspecified atom stereocenters. The Morgan fingerprint density at radius 1 is 1.35 bits per heavy atom. The monoisotopic (exact) mass is 241 g/mol. The highest BCUT2D eigenvalue weighted by atomic mass is 16.5. The van der Waals surface area contributed by atoms with Crippen molar-refractivity contribution in [2.45, 2.75) is 39.5 Å². The van der Waals surface area contributed by atoms with Crippen LogP contribution in [0.2, 0.25) is 0 Å². The van der Waals surface area contributed by atoms with Crippen LogP contribution in [0.25, 0.3) is 0 Å². The van der Waals surface area contributed by atoms with Gasteiger partial charge in [0.2, 0.25) is 0 Å². The van der Waals surface area contributed by atoms with Crippen molar-refractivity contribution in [3.8, 4) is 0 Å². The Labute approximate surface area is 106 Å². The molecule has 0 N–H and O–H groups in total. The molecular weight excluding hydrogens is 214 g/mol. The Morgan fingerprint density at radius 2 is 2.00 bits per heavy atom. The third kappa shape index (κ3) is 6.79. The van der Waals surface area contributed by atoms with Crippen LogP contribution >= 0.6 is 0 Å². The summed E-state index contributed by atoms with van der Waals surface area (Å²) in [5.41, 5.74) is 0. The van der Waals surface area contributed by atoms with E-state index in [1.165, 1.54) is 25.9 Å². The van der Waals surface area contributed by atoms with E-state index >= 15 is 0 Å². The summed E-state index contributed by atoms with van der Waals surface area (Å²) in [5, 5.41) is 0. The fraction of sp³-hybridized carbons (Fsp3) is 0.929. The van der Waals surface area contributed by atoms with Gasteiger partial charge < -0.3 is 9.64 Å². The van der Waals surface area contributed by atoms with Gasteiger partial charge in [-0.25, -0.2) is 0 Å². The van der Waals surface area contributed by atoms with Gasteiger partial charge in [0.15, 0.2) is 5.78 Å². The van der Waals surface area contributed by atoms with Gasteiger partial charge in [-0.3, -0.25) is 4.79 Å². The average Bonchev–Trinajstić information content (AvgIpc) is 2.28. The van der Waals surface area contributed by atoms with Gasteiger partial charge in [-0.2, -0.15) is 0 Å². The molecule has 0 aromatic heterocycles. The Hall–Kier alpha value is -0.410. The fourth-order valence-corrected chi connectivity index (χ4v) is 2.20. The highest BCUT2D eigenvalue weighted by Gasteiger charge is 2.17. The summed E-state index contributed by atoms with van der Waals surface area (Å²) in [6.45, 7) is 7.57. The van der Waals surface area contributed by atoms with E-state index in [-0.39, 0.29) is 5.78 Å². The van der Waals surface area contributed by atoms with E-state index in [2.05, 4.69) is 25.8 Å². The Balaban J connectivity index is 2.03. The lowest BCUT2D eigenvalue weighted by Gasteiger charge is -2.28. The maximum absolute atomic E-state index is 11.6. The largest absolute Gasteiger partial charge is 0.373 e. The molecule has 0 spiro atoms. The zero-order chi connectivity index (χ0) is 12.7. The third-order valence-corrected chi connectivity index (χ3v) is 3.38. The Morgan fingerprint density at radius 3 is 2.59 bits per heavy atom. The molecule has 0 bridgehead atoms. The van der Waals surface area contributed by atoms with Crippen LogP contribution < -0.4 is 0 Å². The van der Waals surface area contributed by atoms with Crippen LogP contribution in [0.3, 0.4) is 0 Å². The van der Waals surface area contributed by atoms with E-state index in [1.54, 1.807) is 0 Å². The molecule has 0 aromatic carbocycles. The zero-order valence-corrected chi connectivity index (χ0v) is 11.6. The van der Waals surface area contributed by atoms with Crippen molar-refractivity contribution in [2.75, 3.05) is 33.4 Å². The Bertz CT molecular complexity index is 220. The SMILES string of the molecule is CC(C)COCC(=O)CCC1CCN(C)CC1. The first-order valence-electron chi connectivity index (χ1n) is 6.86. The standard InChI is InChI=1S/C14H27NO2/c1-12(2)10-17-11-14(16)5-4-13-6-8-15(3)9-7-13/h12-13H,4-11H2,1-3H3. The van der Waals surface area contributed by atoms with E-state index < -0.39 is 0 Å². The molecule has 0 aliphatic carbocycles. The molecule has 0 saturated carbocycles. The zero-order valence-electron chi connectivity index (χ0n) is 11.6. The molecular formula is C14H27NO2. The van der Waals surface area contributed by atoms with Crippen molar-refractivity contribution in [1.82, 2.24) is 4.90 Å². The number of Topliss-reactive ketones (excluding diaryl/α,β-unsaturated/α-hetero) is 1. The number of hydrogen-bond donors (Lipinski definition) is 0. The lowest BCUT2D eigenvalue weighted by Crippen LogP contribution is -2.30. The first kappa shape index (κ1) is 14.7. The summed E-state index contributed by atoms with van der Waals surface area (Å²) >= 11 is 0. The number of ketones is 1. The summed E-state index contributed by atoms with van der Waals surface area (Å²) in [5.74, 6) is 1.53. The number of ether oxygens (including phenoxy) is 1. The van der Waals surface area contributed by atoms with Gasteiger partial charge in [-0.1, -0.05) is 13.8 Å². The molecule has 1 rings (SSSR count). The second kappa shape index (κ2) is 7.83. The van der Waals surface area contributed by atoms with Crippen LogP contribution in [0.4, 0.5) is 0 Å². The van der Waals surface area contributed by atoms with Crippen LogP contribution in [-0.4, -0.2) is 44.0 Å². The lowest BCUT2D eigenvalue weighted by atomic mass is 9.92. The third-order valence-electron chi connectivity index (χ3n) is 3.38. The molecule has 0 atom stereocenters. The molecule has 1 fully saturated rings. The van der Waals surface area contributed by atoms with Gasteiger partial charge >= 0.3 is 0 Å². The normalized spacial score (nSPS) is 18.8. The quantitative estimate of drug-likeness (QED) is 0.685. The highest BCUT2D eigenvalue weighted by Crippen LogP contribution is 2.20.